The highest BCUT2D eigenvalue weighted by Crippen LogP contribution is 2.45. The molecule has 2 aliphatic rings. The van der Waals surface area contributed by atoms with Crippen molar-refractivity contribution in [1.82, 2.24) is 10.2 Å². The third-order valence-corrected chi connectivity index (χ3v) is 4.70. The second-order valence-electron chi connectivity index (χ2n) is 6.91. The van der Waals surface area contributed by atoms with Crippen LogP contribution in [0.5, 0.6) is 0 Å². The van der Waals surface area contributed by atoms with Gasteiger partial charge in [0.05, 0.1) is 0 Å². The van der Waals surface area contributed by atoms with Crippen molar-refractivity contribution in [3.8, 4) is 0 Å². The summed E-state index contributed by atoms with van der Waals surface area (Å²) in [5.41, 5.74) is -0.668. The van der Waals surface area contributed by atoms with E-state index in [1.807, 2.05) is 11.8 Å². The number of carbonyl (C=O) groups is 2. The second-order valence-corrected chi connectivity index (χ2v) is 6.91. The zero-order valence-corrected chi connectivity index (χ0v) is 13.6. The molecule has 2 rings (SSSR count). The van der Waals surface area contributed by atoms with Crippen LogP contribution in [0, 0.1) is 11.8 Å². The fourth-order valence-electron chi connectivity index (χ4n) is 3.30. The maximum atomic E-state index is 12.8. The van der Waals surface area contributed by atoms with Gasteiger partial charge in [-0.3, -0.25) is 9.59 Å². The van der Waals surface area contributed by atoms with Gasteiger partial charge in [0.25, 0.3) is 0 Å². The van der Waals surface area contributed by atoms with Crippen molar-refractivity contribution in [3.63, 3.8) is 0 Å². The van der Waals surface area contributed by atoms with Crippen molar-refractivity contribution in [2.45, 2.75) is 58.0 Å². The molecule has 0 aromatic heterocycles. The minimum atomic E-state index is -0.668. The lowest BCUT2D eigenvalue weighted by Crippen LogP contribution is -2.70. The van der Waals surface area contributed by atoms with E-state index in [1.165, 1.54) is 0 Å². The Balaban J connectivity index is 2.17. The molecule has 0 aromatic rings. The summed E-state index contributed by atoms with van der Waals surface area (Å²) in [6.45, 7) is 7.28. The number of carbonyl (C=O) groups excluding carboxylic acids is 2. The Morgan fingerprint density at radius 2 is 2.05 bits per heavy atom. The molecule has 1 saturated carbocycles. The Morgan fingerprint density at radius 1 is 1.38 bits per heavy atom. The number of hydrogen-bond donors (Lipinski definition) is 1. The Kier molecular flexibility index (Phi) is 4.91. The van der Waals surface area contributed by atoms with E-state index in [4.69, 9.17) is 4.74 Å². The average Bonchev–Trinajstić information content (AvgIpc) is 3.24. The molecule has 0 spiro atoms. The topological polar surface area (TPSA) is 58.6 Å². The van der Waals surface area contributed by atoms with Crippen molar-refractivity contribution in [2.75, 3.05) is 20.3 Å². The van der Waals surface area contributed by atoms with Gasteiger partial charge < -0.3 is 15.0 Å². The van der Waals surface area contributed by atoms with Gasteiger partial charge in [0.2, 0.25) is 11.8 Å². The summed E-state index contributed by atoms with van der Waals surface area (Å²) in [5, 5.41) is 2.97. The Labute approximate surface area is 127 Å². The molecular weight excluding hydrogens is 268 g/mol. The van der Waals surface area contributed by atoms with Crippen molar-refractivity contribution in [1.29, 1.82) is 0 Å². The molecule has 0 aromatic carbocycles. The molecular formula is C16H28N2O3. The van der Waals surface area contributed by atoms with Gasteiger partial charge in [0.1, 0.15) is 11.6 Å². The molecule has 2 unspecified atom stereocenters. The largest absolute Gasteiger partial charge is 0.385 e. The van der Waals surface area contributed by atoms with Gasteiger partial charge in [0.15, 0.2) is 0 Å². The SMILES string of the molecule is COCCCN1C(=O)C(CC(C)C)NC(=O)C1(C)C1CC1. The quantitative estimate of drug-likeness (QED) is 0.725. The smallest absolute Gasteiger partial charge is 0.246 e. The van der Waals surface area contributed by atoms with Crippen LogP contribution in [0.3, 0.4) is 0 Å². The first-order valence-corrected chi connectivity index (χ1v) is 8.02. The number of nitrogens with zero attached hydrogens (tertiary/aromatic N) is 1. The number of ether oxygens (including phenoxy) is 1. The van der Waals surface area contributed by atoms with E-state index in [1.54, 1.807) is 7.11 Å². The van der Waals surface area contributed by atoms with Gasteiger partial charge in [-0.05, 0) is 44.4 Å². The first kappa shape index (κ1) is 16.3. The monoisotopic (exact) mass is 296 g/mol. The summed E-state index contributed by atoms with van der Waals surface area (Å²) in [5.74, 6) is 0.788. The van der Waals surface area contributed by atoms with Crippen molar-refractivity contribution in [2.24, 2.45) is 11.8 Å². The fraction of sp³-hybridized carbons (Fsp3) is 0.875. The van der Waals surface area contributed by atoms with Gasteiger partial charge in [-0.1, -0.05) is 13.8 Å². The zero-order chi connectivity index (χ0) is 15.6. The van der Waals surface area contributed by atoms with E-state index in [-0.39, 0.29) is 17.9 Å². The highest BCUT2D eigenvalue weighted by molar-refractivity contribution is 6.00. The van der Waals surface area contributed by atoms with Crippen molar-refractivity contribution >= 4 is 11.8 Å². The first-order chi connectivity index (χ1) is 9.91. The molecule has 5 nitrogen and oxygen atoms in total. The maximum absolute atomic E-state index is 12.8. The molecule has 120 valence electrons. The second kappa shape index (κ2) is 6.34. The van der Waals surface area contributed by atoms with E-state index in [2.05, 4.69) is 19.2 Å². The molecule has 0 bridgehead atoms. The van der Waals surface area contributed by atoms with Crippen LogP contribution in [0.25, 0.3) is 0 Å². The molecule has 2 atom stereocenters. The fourth-order valence-corrected chi connectivity index (χ4v) is 3.30. The first-order valence-electron chi connectivity index (χ1n) is 8.02. The average molecular weight is 296 g/mol. The van der Waals surface area contributed by atoms with Crippen LogP contribution in [0.4, 0.5) is 0 Å². The maximum Gasteiger partial charge on any atom is 0.246 e. The van der Waals surface area contributed by atoms with Crippen LogP contribution in [0.15, 0.2) is 0 Å². The molecule has 2 amide bonds. The van der Waals surface area contributed by atoms with E-state index < -0.39 is 5.54 Å². The van der Waals surface area contributed by atoms with Crippen LogP contribution in [-0.4, -0.2) is 48.6 Å². The lowest BCUT2D eigenvalue weighted by molar-refractivity contribution is -0.158. The minimum absolute atomic E-state index is 0.0210. The lowest BCUT2D eigenvalue weighted by atomic mass is 9.86. The van der Waals surface area contributed by atoms with Gasteiger partial charge in [-0.15, -0.1) is 0 Å². The zero-order valence-electron chi connectivity index (χ0n) is 13.6. The lowest BCUT2D eigenvalue weighted by Gasteiger charge is -2.47. The van der Waals surface area contributed by atoms with E-state index in [0.29, 0.717) is 31.4 Å². The number of piperazine rings is 1. The number of methoxy groups -OCH3 is 1. The number of hydrogen-bond acceptors (Lipinski definition) is 3. The predicted octanol–water partition coefficient (Wildman–Crippen LogP) is 1.56. The van der Waals surface area contributed by atoms with Crippen molar-refractivity contribution < 1.29 is 14.3 Å². The van der Waals surface area contributed by atoms with Crippen LogP contribution < -0.4 is 5.32 Å². The summed E-state index contributed by atoms with van der Waals surface area (Å²) in [6.07, 6.45) is 3.54. The van der Waals surface area contributed by atoms with Gasteiger partial charge in [-0.25, -0.2) is 0 Å². The van der Waals surface area contributed by atoms with Gasteiger partial charge in [0, 0.05) is 20.3 Å². The molecule has 1 heterocycles. The Morgan fingerprint density at radius 3 is 2.57 bits per heavy atom. The molecule has 21 heavy (non-hydrogen) atoms. The Hall–Kier alpha value is -1.10. The Bertz CT molecular complexity index is 406. The van der Waals surface area contributed by atoms with E-state index >= 15 is 0 Å². The summed E-state index contributed by atoms with van der Waals surface area (Å²) >= 11 is 0. The van der Waals surface area contributed by atoms with Crippen LogP contribution >= 0.6 is 0 Å². The van der Waals surface area contributed by atoms with Gasteiger partial charge in [-0.2, -0.15) is 0 Å². The molecule has 1 saturated heterocycles. The molecule has 5 heteroatoms. The van der Waals surface area contributed by atoms with Gasteiger partial charge >= 0.3 is 0 Å². The third kappa shape index (κ3) is 3.23. The number of rotatable bonds is 7. The number of amides is 2. The summed E-state index contributed by atoms with van der Waals surface area (Å²) in [6, 6.07) is -0.369. The highest BCUT2D eigenvalue weighted by atomic mass is 16.5. The van der Waals surface area contributed by atoms with E-state index in [9.17, 15) is 9.59 Å². The molecule has 1 aliphatic carbocycles. The number of nitrogens with one attached hydrogen (secondary N) is 1. The third-order valence-electron chi connectivity index (χ3n) is 4.70. The molecule has 0 radical (unpaired) electrons. The highest BCUT2D eigenvalue weighted by Gasteiger charge is 2.56. The van der Waals surface area contributed by atoms with Crippen LogP contribution in [-0.2, 0) is 14.3 Å². The summed E-state index contributed by atoms with van der Waals surface area (Å²) in [4.78, 5) is 27.3. The predicted molar refractivity (Wildman–Crippen MR) is 80.7 cm³/mol. The molecule has 1 N–H and O–H groups in total. The molecule has 2 fully saturated rings. The minimum Gasteiger partial charge on any atom is -0.385 e. The normalized spacial score (nSPS) is 30.0. The standard InChI is InChI=1S/C16H28N2O3/c1-11(2)10-13-14(19)18(8-5-9-21-4)16(3,12-6-7-12)15(20)17-13/h11-13H,5-10H2,1-4H3,(H,17,20). The molecule has 1 aliphatic heterocycles. The van der Waals surface area contributed by atoms with Crippen LogP contribution in [0.1, 0.15) is 46.5 Å². The summed E-state index contributed by atoms with van der Waals surface area (Å²) in [7, 11) is 1.66. The van der Waals surface area contributed by atoms with Crippen molar-refractivity contribution in [3.05, 3.63) is 0 Å². The van der Waals surface area contributed by atoms with E-state index in [0.717, 1.165) is 19.3 Å². The van der Waals surface area contributed by atoms with Crippen LogP contribution in [0.2, 0.25) is 0 Å². The summed E-state index contributed by atoms with van der Waals surface area (Å²) < 4.78 is 5.09.